The monoisotopic (exact) mass is 300 g/mol. The Labute approximate surface area is 102 Å². The Balaban J connectivity index is 4.69. The number of aliphatic hydroxyl groups excluding tert-OH is 4. The Hall–Kier alpha value is -0.0500. The minimum absolute atomic E-state index is 0.0387. The van der Waals surface area contributed by atoms with Gasteiger partial charge in [0.2, 0.25) is 0 Å². The van der Waals surface area contributed by atoms with Gasteiger partial charge in [0.05, 0.1) is 6.61 Å². The third-order valence-corrected chi connectivity index (χ3v) is 3.05. The van der Waals surface area contributed by atoms with E-state index in [1.165, 1.54) is 0 Å². The van der Waals surface area contributed by atoms with Crippen molar-refractivity contribution in [1.82, 2.24) is 0 Å². The van der Waals surface area contributed by atoms with Gasteiger partial charge in [0.25, 0.3) is 0 Å². The van der Waals surface area contributed by atoms with Crippen molar-refractivity contribution in [3.05, 3.63) is 0 Å². The Morgan fingerprint density at radius 2 is 1.88 bits per heavy atom. The molecular formula is C9H17BrO6. The number of halogens is 1. The van der Waals surface area contributed by atoms with Crippen molar-refractivity contribution >= 4 is 21.7 Å². The van der Waals surface area contributed by atoms with Crippen LogP contribution in [-0.4, -0.2) is 60.7 Å². The Morgan fingerprint density at radius 1 is 1.38 bits per heavy atom. The van der Waals surface area contributed by atoms with E-state index in [1.54, 1.807) is 6.92 Å². The summed E-state index contributed by atoms with van der Waals surface area (Å²) in [5.41, 5.74) is 0. The lowest BCUT2D eigenvalue weighted by molar-refractivity contribution is -0.153. The van der Waals surface area contributed by atoms with E-state index in [0.29, 0.717) is 6.42 Å². The summed E-state index contributed by atoms with van der Waals surface area (Å²) in [5.74, 6) is -0.661. The molecule has 0 saturated heterocycles. The first-order valence-corrected chi connectivity index (χ1v) is 5.67. The number of carbonyl (C=O) groups excluding carboxylic acids is 1. The second kappa shape index (κ2) is 6.63. The molecule has 0 radical (unpaired) electrons. The average molecular weight is 301 g/mol. The first kappa shape index (κ1) is 16.0. The standard InChI is InChI=1S/C9H17BrO6/c1-2-3-5(12)7(14)9(10,16)8(15)6(13)4-11/h6-8,11,13-16H,2-4H2,1H3/t6-,7-,8-,9-/m1/s1. The number of alkyl halides is 1. The number of rotatable bonds is 7. The van der Waals surface area contributed by atoms with Gasteiger partial charge in [-0.1, -0.05) is 6.92 Å². The smallest absolute Gasteiger partial charge is 0.180 e. The summed E-state index contributed by atoms with van der Waals surface area (Å²) in [6, 6.07) is 0. The molecule has 0 heterocycles. The van der Waals surface area contributed by atoms with Crippen LogP contribution >= 0.6 is 15.9 Å². The summed E-state index contributed by atoms with van der Waals surface area (Å²) in [6.07, 6.45) is -4.89. The number of aliphatic hydroxyl groups is 5. The van der Waals surface area contributed by atoms with Crippen LogP contribution in [0.25, 0.3) is 0 Å². The fourth-order valence-corrected chi connectivity index (χ4v) is 1.70. The molecule has 0 aliphatic carbocycles. The summed E-state index contributed by atoms with van der Waals surface area (Å²) in [6.45, 7) is 0.917. The highest BCUT2D eigenvalue weighted by atomic mass is 79.9. The lowest BCUT2D eigenvalue weighted by Crippen LogP contribution is -2.55. The van der Waals surface area contributed by atoms with Crippen molar-refractivity contribution < 1.29 is 30.3 Å². The van der Waals surface area contributed by atoms with Gasteiger partial charge in [-0.3, -0.25) is 4.79 Å². The Kier molecular flexibility index (Phi) is 6.61. The maximum atomic E-state index is 11.3. The molecule has 0 aliphatic heterocycles. The normalized spacial score (nSPS) is 20.9. The Morgan fingerprint density at radius 3 is 2.25 bits per heavy atom. The van der Waals surface area contributed by atoms with Gasteiger partial charge in [0.1, 0.15) is 12.2 Å². The number of hydrogen-bond donors (Lipinski definition) is 5. The van der Waals surface area contributed by atoms with Crippen LogP contribution in [0, 0.1) is 0 Å². The molecule has 7 heteroatoms. The van der Waals surface area contributed by atoms with Crippen LogP contribution < -0.4 is 0 Å². The number of Topliss-reactive ketones (excluding diaryl/α,β-unsaturated/α-hetero) is 1. The van der Waals surface area contributed by atoms with E-state index >= 15 is 0 Å². The quantitative estimate of drug-likeness (QED) is 0.366. The fourth-order valence-electron chi connectivity index (χ4n) is 1.14. The maximum absolute atomic E-state index is 11.3. The van der Waals surface area contributed by atoms with Crippen molar-refractivity contribution in [2.24, 2.45) is 0 Å². The Bertz CT molecular complexity index is 232. The minimum atomic E-state index is -2.37. The van der Waals surface area contributed by atoms with E-state index in [1.807, 2.05) is 0 Å². The molecule has 0 unspecified atom stereocenters. The minimum Gasteiger partial charge on any atom is -0.394 e. The van der Waals surface area contributed by atoms with Crippen molar-refractivity contribution in [3.63, 3.8) is 0 Å². The van der Waals surface area contributed by atoms with Crippen LogP contribution in [0.1, 0.15) is 19.8 Å². The topological polar surface area (TPSA) is 118 Å². The van der Waals surface area contributed by atoms with Gasteiger partial charge in [0, 0.05) is 6.42 Å². The van der Waals surface area contributed by atoms with Gasteiger partial charge in [0.15, 0.2) is 16.4 Å². The number of hydrogen-bond acceptors (Lipinski definition) is 6. The predicted octanol–water partition coefficient (Wildman–Crippen LogP) is -1.49. The van der Waals surface area contributed by atoms with Crippen LogP contribution in [0.5, 0.6) is 0 Å². The van der Waals surface area contributed by atoms with Crippen molar-refractivity contribution in [1.29, 1.82) is 0 Å². The molecule has 0 aromatic heterocycles. The van der Waals surface area contributed by atoms with Crippen LogP contribution in [0.15, 0.2) is 0 Å². The van der Waals surface area contributed by atoms with E-state index in [2.05, 4.69) is 15.9 Å². The fraction of sp³-hybridized carbons (Fsp3) is 0.889. The first-order chi connectivity index (χ1) is 7.28. The van der Waals surface area contributed by atoms with Crippen LogP contribution in [0.2, 0.25) is 0 Å². The zero-order chi connectivity index (χ0) is 12.9. The predicted molar refractivity (Wildman–Crippen MR) is 58.9 cm³/mol. The molecule has 0 aliphatic rings. The van der Waals surface area contributed by atoms with Gasteiger partial charge in [-0.05, 0) is 22.4 Å². The van der Waals surface area contributed by atoms with Gasteiger partial charge >= 0.3 is 0 Å². The zero-order valence-corrected chi connectivity index (χ0v) is 10.5. The van der Waals surface area contributed by atoms with E-state index in [-0.39, 0.29) is 6.42 Å². The van der Waals surface area contributed by atoms with Crippen molar-refractivity contribution in [2.45, 2.75) is 42.6 Å². The second-order valence-corrected chi connectivity index (χ2v) is 4.81. The number of ketones is 1. The summed E-state index contributed by atoms with van der Waals surface area (Å²) in [5, 5.41) is 46.3. The molecule has 0 rings (SSSR count). The molecule has 0 aromatic carbocycles. The first-order valence-electron chi connectivity index (χ1n) is 4.88. The highest BCUT2D eigenvalue weighted by molar-refractivity contribution is 9.10. The van der Waals surface area contributed by atoms with Gasteiger partial charge in [-0.15, -0.1) is 0 Å². The van der Waals surface area contributed by atoms with E-state index < -0.39 is 35.2 Å². The summed E-state index contributed by atoms with van der Waals surface area (Å²) < 4.78 is -2.37. The van der Waals surface area contributed by atoms with Crippen LogP contribution in [0.3, 0.4) is 0 Å². The van der Waals surface area contributed by atoms with Gasteiger partial charge in [-0.25, -0.2) is 0 Å². The third-order valence-electron chi connectivity index (χ3n) is 2.15. The third kappa shape index (κ3) is 3.76. The molecular weight excluding hydrogens is 284 g/mol. The molecule has 16 heavy (non-hydrogen) atoms. The molecule has 6 nitrogen and oxygen atoms in total. The largest absolute Gasteiger partial charge is 0.394 e. The lowest BCUT2D eigenvalue weighted by Gasteiger charge is -2.32. The van der Waals surface area contributed by atoms with Gasteiger partial charge < -0.3 is 25.5 Å². The molecule has 5 N–H and O–H groups in total. The molecule has 0 bridgehead atoms. The second-order valence-electron chi connectivity index (χ2n) is 3.54. The van der Waals surface area contributed by atoms with Crippen LogP contribution in [0.4, 0.5) is 0 Å². The average Bonchev–Trinajstić information content (AvgIpc) is 2.25. The molecule has 96 valence electrons. The van der Waals surface area contributed by atoms with E-state index in [4.69, 9.17) is 10.2 Å². The van der Waals surface area contributed by atoms with Crippen molar-refractivity contribution in [2.75, 3.05) is 6.61 Å². The van der Waals surface area contributed by atoms with Gasteiger partial charge in [-0.2, -0.15) is 0 Å². The molecule has 4 atom stereocenters. The molecule has 0 spiro atoms. The molecule has 0 saturated carbocycles. The summed E-state index contributed by atoms with van der Waals surface area (Å²) >= 11 is 2.59. The molecule has 0 amide bonds. The SMILES string of the molecule is CCCC(=O)[C@@H](O)[C@](O)(Br)[C@H](O)[C@H](O)CO. The summed E-state index contributed by atoms with van der Waals surface area (Å²) in [7, 11) is 0. The maximum Gasteiger partial charge on any atom is 0.180 e. The summed E-state index contributed by atoms with van der Waals surface area (Å²) in [4.78, 5) is 11.3. The molecule has 0 aromatic rings. The number of carbonyl (C=O) groups is 1. The van der Waals surface area contributed by atoms with E-state index in [9.17, 15) is 20.1 Å². The highest BCUT2D eigenvalue weighted by Gasteiger charge is 2.46. The van der Waals surface area contributed by atoms with E-state index in [0.717, 1.165) is 0 Å². The highest BCUT2D eigenvalue weighted by Crippen LogP contribution is 2.27. The lowest BCUT2D eigenvalue weighted by atomic mass is 9.98. The molecule has 0 fully saturated rings. The zero-order valence-electron chi connectivity index (χ0n) is 8.88. The van der Waals surface area contributed by atoms with Crippen LogP contribution in [-0.2, 0) is 4.79 Å². The van der Waals surface area contributed by atoms with Crippen molar-refractivity contribution in [3.8, 4) is 0 Å².